The van der Waals surface area contributed by atoms with Crippen LogP contribution in [0.25, 0.3) is 0 Å². The molecule has 0 N–H and O–H groups in total. The third-order valence-corrected chi connectivity index (χ3v) is 5.49. The van der Waals surface area contributed by atoms with Crippen molar-refractivity contribution in [1.29, 1.82) is 0 Å². The fraction of sp³-hybridized carbons (Fsp3) is 0.667. The van der Waals surface area contributed by atoms with E-state index in [9.17, 15) is 0 Å². The Kier molecular flexibility index (Phi) is 3.50. The predicted octanol–water partition coefficient (Wildman–Crippen LogP) is 3.18. The highest BCUT2D eigenvalue weighted by Crippen LogP contribution is 2.57. The number of rotatable bonds is 1. The smallest absolute Gasteiger partial charge is 0.0823 e. The number of aromatic nitrogens is 2. The molecule has 0 spiro atoms. The van der Waals surface area contributed by atoms with Crippen molar-refractivity contribution in [3.63, 3.8) is 0 Å². The summed E-state index contributed by atoms with van der Waals surface area (Å²) in [6, 6.07) is 0. The van der Waals surface area contributed by atoms with E-state index in [-0.39, 0.29) is 18.2 Å². The Hall–Kier alpha value is -0.490. The highest BCUT2D eigenvalue weighted by molar-refractivity contribution is 7.68. The second kappa shape index (κ2) is 4.17. The molecule has 15 heavy (non-hydrogen) atoms. The van der Waals surface area contributed by atoms with E-state index in [0.717, 1.165) is 5.44 Å². The Balaban J connectivity index is 3.15. The minimum absolute atomic E-state index is 0.267. The van der Waals surface area contributed by atoms with Crippen molar-refractivity contribution >= 4 is 13.4 Å². The first kappa shape index (κ1) is 12.6. The van der Waals surface area contributed by atoms with Gasteiger partial charge in [-0.25, -0.2) is 0 Å². The van der Waals surface area contributed by atoms with Crippen LogP contribution in [0.5, 0.6) is 0 Å². The fourth-order valence-electron chi connectivity index (χ4n) is 2.10. The topological polar surface area (TPSA) is 25.8 Å². The molecule has 1 rings (SSSR count). The molecule has 3 heteroatoms. The van der Waals surface area contributed by atoms with Crippen molar-refractivity contribution in [3.05, 3.63) is 18.6 Å². The zero-order valence-electron chi connectivity index (χ0n) is 10.6. The molecule has 1 heterocycles. The molecular weight excluding hydrogens is 203 g/mol. The van der Waals surface area contributed by atoms with Crippen LogP contribution in [-0.2, 0) is 0 Å². The van der Waals surface area contributed by atoms with Crippen molar-refractivity contribution in [2.45, 2.75) is 51.9 Å². The summed E-state index contributed by atoms with van der Waals surface area (Å²) in [7, 11) is -0.311. The lowest BCUT2D eigenvalue weighted by atomic mass is 10.2. The maximum absolute atomic E-state index is 4.48. The second-order valence-electron chi connectivity index (χ2n) is 5.74. The van der Waals surface area contributed by atoms with Gasteiger partial charge in [-0.1, -0.05) is 41.5 Å². The first-order chi connectivity index (χ1) is 6.73. The summed E-state index contributed by atoms with van der Waals surface area (Å²) in [6.45, 7) is 13.7. The zero-order chi connectivity index (χ0) is 11.7. The van der Waals surface area contributed by atoms with E-state index in [1.54, 1.807) is 12.4 Å². The summed E-state index contributed by atoms with van der Waals surface area (Å²) >= 11 is 0. The van der Waals surface area contributed by atoms with Crippen LogP contribution in [0, 0.1) is 0 Å². The van der Waals surface area contributed by atoms with Crippen LogP contribution in [0.15, 0.2) is 18.6 Å². The molecule has 0 radical (unpaired) electrons. The third-order valence-electron chi connectivity index (χ3n) is 2.12. The van der Waals surface area contributed by atoms with Crippen LogP contribution >= 0.6 is 7.92 Å². The van der Waals surface area contributed by atoms with E-state index in [0.29, 0.717) is 0 Å². The van der Waals surface area contributed by atoms with Crippen molar-refractivity contribution in [1.82, 2.24) is 9.97 Å². The van der Waals surface area contributed by atoms with Crippen LogP contribution in [0.2, 0.25) is 0 Å². The summed E-state index contributed by atoms with van der Waals surface area (Å²) in [5.41, 5.74) is 1.16. The molecule has 0 aliphatic heterocycles. The summed E-state index contributed by atoms with van der Waals surface area (Å²) in [5.74, 6) is 0. The maximum Gasteiger partial charge on any atom is 0.0823 e. The lowest BCUT2D eigenvalue weighted by Gasteiger charge is -2.40. The second-order valence-corrected chi connectivity index (χ2v) is 9.55. The Morgan fingerprint density at radius 1 is 0.933 bits per heavy atom. The largest absolute Gasteiger partial charge is 0.261 e. The van der Waals surface area contributed by atoms with E-state index in [4.69, 9.17) is 0 Å². The molecule has 2 nitrogen and oxygen atoms in total. The summed E-state index contributed by atoms with van der Waals surface area (Å²) in [6.07, 6.45) is 5.45. The van der Waals surface area contributed by atoms with Gasteiger partial charge in [-0.05, 0) is 18.2 Å². The van der Waals surface area contributed by atoms with Gasteiger partial charge in [-0.2, -0.15) is 0 Å². The quantitative estimate of drug-likeness (QED) is 0.685. The van der Waals surface area contributed by atoms with Crippen LogP contribution in [0.1, 0.15) is 41.5 Å². The molecule has 84 valence electrons. The van der Waals surface area contributed by atoms with Gasteiger partial charge in [0.2, 0.25) is 0 Å². The first-order valence-electron chi connectivity index (χ1n) is 5.29. The number of hydrogen-bond donors (Lipinski definition) is 0. The zero-order valence-corrected chi connectivity index (χ0v) is 11.5. The standard InChI is InChI=1S/C12H21N2P/c1-11(2,3)15(12(4,5)6)10-9-13-7-8-14-10/h7-9H,1-6H3. The van der Waals surface area contributed by atoms with E-state index in [2.05, 4.69) is 51.5 Å². The Labute approximate surface area is 94.3 Å². The van der Waals surface area contributed by atoms with E-state index < -0.39 is 0 Å². The van der Waals surface area contributed by atoms with Crippen molar-refractivity contribution in [3.8, 4) is 0 Å². The molecular formula is C12H21N2P. The molecule has 0 saturated carbocycles. The predicted molar refractivity (Wildman–Crippen MR) is 68.1 cm³/mol. The highest BCUT2D eigenvalue weighted by atomic mass is 31.1. The molecule has 0 saturated heterocycles. The van der Waals surface area contributed by atoms with Gasteiger partial charge in [0.25, 0.3) is 0 Å². The summed E-state index contributed by atoms with van der Waals surface area (Å²) < 4.78 is 0. The van der Waals surface area contributed by atoms with Gasteiger partial charge in [-0.3, -0.25) is 9.97 Å². The molecule has 0 aliphatic rings. The number of nitrogens with zero attached hydrogens (tertiary/aromatic N) is 2. The fourth-order valence-corrected chi connectivity index (χ4v) is 5.85. The monoisotopic (exact) mass is 224 g/mol. The molecule has 0 bridgehead atoms. The van der Waals surface area contributed by atoms with Gasteiger partial charge in [-0.15, -0.1) is 0 Å². The van der Waals surface area contributed by atoms with Gasteiger partial charge in [0.05, 0.1) is 11.6 Å². The van der Waals surface area contributed by atoms with Gasteiger partial charge in [0.15, 0.2) is 0 Å². The minimum Gasteiger partial charge on any atom is -0.261 e. The van der Waals surface area contributed by atoms with Gasteiger partial charge in [0, 0.05) is 12.4 Å². The normalized spacial score (nSPS) is 13.3. The SMILES string of the molecule is CC(C)(C)P(c1cnccn1)C(C)(C)C. The molecule has 0 unspecified atom stereocenters. The van der Waals surface area contributed by atoms with Crippen LogP contribution in [0.3, 0.4) is 0 Å². The average molecular weight is 224 g/mol. The van der Waals surface area contributed by atoms with Gasteiger partial charge in [0.1, 0.15) is 0 Å². The summed E-state index contributed by atoms with van der Waals surface area (Å²) in [4.78, 5) is 8.66. The molecule has 0 aliphatic carbocycles. The lowest BCUT2D eigenvalue weighted by molar-refractivity contribution is 0.713. The first-order valence-corrected chi connectivity index (χ1v) is 6.63. The van der Waals surface area contributed by atoms with Gasteiger partial charge >= 0.3 is 0 Å². The molecule has 0 fully saturated rings. The summed E-state index contributed by atoms with van der Waals surface area (Å²) in [5, 5.41) is 0.535. The van der Waals surface area contributed by atoms with Crippen molar-refractivity contribution < 1.29 is 0 Å². The van der Waals surface area contributed by atoms with Crippen LogP contribution in [0.4, 0.5) is 0 Å². The lowest BCUT2D eigenvalue weighted by Crippen LogP contribution is -2.32. The average Bonchev–Trinajstić information content (AvgIpc) is 2.00. The highest BCUT2D eigenvalue weighted by Gasteiger charge is 2.36. The molecule has 0 atom stereocenters. The van der Waals surface area contributed by atoms with Crippen molar-refractivity contribution in [2.24, 2.45) is 0 Å². The molecule has 1 aromatic heterocycles. The van der Waals surface area contributed by atoms with E-state index >= 15 is 0 Å². The van der Waals surface area contributed by atoms with Gasteiger partial charge < -0.3 is 0 Å². The van der Waals surface area contributed by atoms with Crippen LogP contribution < -0.4 is 5.44 Å². The molecule has 1 aromatic rings. The molecule has 0 amide bonds. The van der Waals surface area contributed by atoms with Crippen molar-refractivity contribution in [2.75, 3.05) is 0 Å². The maximum atomic E-state index is 4.48. The Bertz CT molecular complexity index is 295. The van der Waals surface area contributed by atoms with Crippen LogP contribution in [-0.4, -0.2) is 20.3 Å². The Morgan fingerprint density at radius 3 is 1.80 bits per heavy atom. The van der Waals surface area contributed by atoms with E-state index in [1.807, 2.05) is 6.20 Å². The molecule has 0 aromatic carbocycles. The van der Waals surface area contributed by atoms with E-state index in [1.165, 1.54) is 0 Å². The third kappa shape index (κ3) is 3.24. The Morgan fingerprint density at radius 2 is 1.47 bits per heavy atom. The minimum atomic E-state index is -0.311. The number of hydrogen-bond acceptors (Lipinski definition) is 2.